The molecule has 1 aromatic carbocycles. The number of hydrogen-bond acceptors (Lipinski definition) is 5. The maximum atomic E-state index is 13.3. The van der Waals surface area contributed by atoms with Crippen molar-refractivity contribution in [2.24, 2.45) is 7.05 Å². The largest absolute Gasteiger partial charge is 0.486 e. The number of benzene rings is 1. The number of aromatic nitrogens is 4. The van der Waals surface area contributed by atoms with Gasteiger partial charge in [0.2, 0.25) is 0 Å². The second-order valence-electron chi connectivity index (χ2n) is 10.4. The van der Waals surface area contributed by atoms with E-state index in [0.717, 1.165) is 38.7 Å². The second kappa shape index (κ2) is 13.7. The average Bonchev–Trinajstić information content (AvgIpc) is 3.33. The fourth-order valence-corrected chi connectivity index (χ4v) is 5.18. The van der Waals surface area contributed by atoms with Crippen molar-refractivity contribution in [2.45, 2.75) is 60.1 Å². The molecule has 0 atom stereocenters. The highest BCUT2D eigenvalue weighted by Crippen LogP contribution is 2.35. The maximum absolute atomic E-state index is 13.3. The van der Waals surface area contributed by atoms with Crippen LogP contribution in [0.1, 0.15) is 54.2 Å². The molecule has 0 spiro atoms. The van der Waals surface area contributed by atoms with Gasteiger partial charge in [0.1, 0.15) is 23.4 Å². The normalized spacial score (nSPS) is 11.4. The highest BCUT2D eigenvalue weighted by molar-refractivity contribution is 6.31. The Morgan fingerprint density at radius 3 is 2.36 bits per heavy atom. The van der Waals surface area contributed by atoms with Crippen molar-refractivity contribution in [1.82, 2.24) is 19.1 Å². The summed E-state index contributed by atoms with van der Waals surface area (Å²) in [5.74, 6) is 0.475. The lowest BCUT2D eigenvalue weighted by Gasteiger charge is -2.17. The summed E-state index contributed by atoms with van der Waals surface area (Å²) >= 11 is 6.57. The first-order chi connectivity index (χ1) is 20.9. The number of hydrogen-bond donors (Lipinski definition) is 1. The molecule has 232 valence electrons. The molecule has 4 heterocycles. The van der Waals surface area contributed by atoms with Gasteiger partial charge in [0, 0.05) is 52.5 Å². The molecule has 4 aromatic heterocycles. The summed E-state index contributed by atoms with van der Waals surface area (Å²) in [5.41, 5.74) is 2.85. The Morgan fingerprint density at radius 2 is 1.70 bits per heavy atom. The van der Waals surface area contributed by atoms with Crippen LogP contribution in [0.15, 0.2) is 65.6 Å². The first-order valence-electron chi connectivity index (χ1n) is 14.1. The van der Waals surface area contributed by atoms with Crippen molar-refractivity contribution in [3.8, 4) is 17.0 Å². The Bertz CT molecular complexity index is 1850. The summed E-state index contributed by atoms with van der Waals surface area (Å²) in [6.07, 6.45) is -2.24. The molecule has 11 heteroatoms. The molecule has 0 fully saturated rings. The van der Waals surface area contributed by atoms with Crippen LogP contribution in [0.2, 0.25) is 5.02 Å². The number of rotatable bonds is 7. The van der Waals surface area contributed by atoms with Crippen molar-refractivity contribution in [3.63, 3.8) is 0 Å². The number of aliphatic hydroxyl groups excluding tert-OH is 1. The van der Waals surface area contributed by atoms with Gasteiger partial charge in [-0.15, -0.1) is 0 Å². The Labute approximate surface area is 258 Å². The van der Waals surface area contributed by atoms with Crippen LogP contribution in [-0.4, -0.2) is 24.2 Å². The van der Waals surface area contributed by atoms with Crippen LogP contribution >= 0.6 is 11.6 Å². The minimum Gasteiger partial charge on any atom is -0.486 e. The van der Waals surface area contributed by atoms with E-state index in [1.807, 2.05) is 48.9 Å². The lowest BCUT2D eigenvalue weighted by Crippen LogP contribution is -2.29. The van der Waals surface area contributed by atoms with Gasteiger partial charge in [-0.2, -0.15) is 13.2 Å². The van der Waals surface area contributed by atoms with Crippen molar-refractivity contribution < 1.29 is 23.0 Å². The highest BCUT2D eigenvalue weighted by Gasteiger charge is 2.34. The van der Waals surface area contributed by atoms with Gasteiger partial charge < -0.3 is 19.0 Å². The van der Waals surface area contributed by atoms with Crippen molar-refractivity contribution in [2.75, 3.05) is 0 Å². The minimum absolute atomic E-state index is 0.0575. The van der Waals surface area contributed by atoms with Gasteiger partial charge >= 0.3 is 6.18 Å². The van der Waals surface area contributed by atoms with Crippen molar-refractivity contribution >= 4 is 22.5 Å². The third-order valence-corrected chi connectivity index (χ3v) is 7.23. The molecule has 0 aliphatic heterocycles. The van der Waals surface area contributed by atoms with E-state index in [2.05, 4.69) is 18.8 Å². The van der Waals surface area contributed by atoms with Crippen LogP contribution in [0.25, 0.3) is 22.2 Å². The predicted molar refractivity (Wildman–Crippen MR) is 166 cm³/mol. The third-order valence-electron chi connectivity index (χ3n) is 6.90. The fraction of sp³-hybridized carbons (Fsp3) is 0.303. The highest BCUT2D eigenvalue weighted by atomic mass is 35.5. The summed E-state index contributed by atoms with van der Waals surface area (Å²) in [6.45, 7) is 7.46. The number of halogens is 4. The van der Waals surface area contributed by atoms with Gasteiger partial charge in [-0.25, -0.2) is 4.98 Å². The van der Waals surface area contributed by atoms with Gasteiger partial charge in [0.25, 0.3) is 5.56 Å². The summed E-state index contributed by atoms with van der Waals surface area (Å²) in [4.78, 5) is 21.8. The summed E-state index contributed by atoms with van der Waals surface area (Å²) in [7, 11) is 1.88. The van der Waals surface area contributed by atoms with E-state index < -0.39 is 17.3 Å². The lowest BCUT2D eigenvalue weighted by molar-refractivity contribution is -0.138. The lowest BCUT2D eigenvalue weighted by atomic mass is 10.0. The van der Waals surface area contributed by atoms with Gasteiger partial charge in [-0.1, -0.05) is 44.0 Å². The van der Waals surface area contributed by atoms with E-state index in [9.17, 15) is 23.1 Å². The molecule has 1 N–H and O–H groups in total. The number of para-hydroxylation sites is 1. The quantitative estimate of drug-likeness (QED) is 0.201. The number of alkyl halides is 3. The van der Waals surface area contributed by atoms with Crippen LogP contribution in [-0.2, 0) is 33.0 Å². The first-order valence-corrected chi connectivity index (χ1v) is 14.5. The zero-order chi connectivity index (χ0) is 32.2. The summed E-state index contributed by atoms with van der Waals surface area (Å²) in [5, 5.41) is 10.8. The van der Waals surface area contributed by atoms with E-state index >= 15 is 0 Å². The summed E-state index contributed by atoms with van der Waals surface area (Å²) in [6, 6.07) is 14.9. The van der Waals surface area contributed by atoms with E-state index in [0.29, 0.717) is 33.2 Å². The Morgan fingerprint density at radius 1 is 1.00 bits per heavy atom. The molecule has 0 radical (unpaired) electrons. The Balaban J connectivity index is 0.00000141. The number of ether oxygens (including phenoxy) is 1. The van der Waals surface area contributed by atoms with Gasteiger partial charge in [0.05, 0.1) is 23.9 Å². The predicted octanol–water partition coefficient (Wildman–Crippen LogP) is 7.62. The molecule has 0 bridgehead atoms. The average molecular weight is 627 g/mol. The molecule has 5 rings (SSSR count). The van der Waals surface area contributed by atoms with E-state index in [1.54, 1.807) is 19.1 Å². The Kier molecular flexibility index (Phi) is 10.2. The maximum Gasteiger partial charge on any atom is 0.421 e. The monoisotopic (exact) mass is 626 g/mol. The number of aliphatic hydroxyl groups is 1. The first kappa shape index (κ1) is 32.8. The molecule has 0 saturated carbocycles. The van der Waals surface area contributed by atoms with Crippen molar-refractivity contribution in [3.05, 3.63) is 110 Å². The smallest absolute Gasteiger partial charge is 0.421 e. The van der Waals surface area contributed by atoms with Gasteiger partial charge in [-0.3, -0.25) is 9.78 Å². The molecule has 0 amide bonds. The standard InChI is InChI=1S/C30H26ClF3N4O3.C3H8/c1-17-12-21(26-10-9-19(15-39)37(26)3)20-6-4-8-27(28(20)36-17)41-16-22-24(31)13-18(2)35-25(22)14-38-11-5-7-23(29(38)40)30(32,33)34;1-3-2/h4-13,39H,14-16H2,1-3H3;3H2,1-2H3. The molecule has 7 nitrogen and oxygen atoms in total. The van der Waals surface area contributed by atoms with Crippen LogP contribution in [0.5, 0.6) is 5.75 Å². The molecular weight excluding hydrogens is 593 g/mol. The third kappa shape index (κ3) is 6.97. The topological polar surface area (TPSA) is 82.2 Å². The zero-order valence-electron chi connectivity index (χ0n) is 25.2. The van der Waals surface area contributed by atoms with E-state index in [1.165, 1.54) is 18.7 Å². The Hall–Kier alpha value is -4.15. The van der Waals surface area contributed by atoms with Crippen LogP contribution in [0.4, 0.5) is 13.2 Å². The van der Waals surface area contributed by atoms with Crippen LogP contribution in [0.3, 0.4) is 0 Å². The molecule has 0 aliphatic carbocycles. The number of pyridine rings is 3. The van der Waals surface area contributed by atoms with Gasteiger partial charge in [-0.05, 0) is 56.3 Å². The number of fused-ring (bicyclic) bond motifs is 1. The van der Waals surface area contributed by atoms with Crippen LogP contribution < -0.4 is 10.3 Å². The number of nitrogens with zero attached hydrogens (tertiary/aromatic N) is 4. The molecule has 0 unspecified atom stereocenters. The van der Waals surface area contributed by atoms with E-state index in [4.69, 9.17) is 21.3 Å². The van der Waals surface area contributed by atoms with Crippen LogP contribution in [0, 0.1) is 13.8 Å². The molecule has 0 saturated heterocycles. The molecule has 0 aliphatic rings. The zero-order valence-corrected chi connectivity index (χ0v) is 25.9. The van der Waals surface area contributed by atoms with E-state index in [-0.39, 0.29) is 19.8 Å². The minimum atomic E-state index is -4.78. The molecule has 44 heavy (non-hydrogen) atoms. The second-order valence-corrected chi connectivity index (χ2v) is 10.8. The molecule has 5 aromatic rings. The SMILES string of the molecule is CCC.Cc1cc(Cl)c(COc2cccc3c(-c4ccc(CO)n4C)cc(C)nc23)c(Cn2cccc(C(F)(F)F)c2=O)n1. The summed E-state index contributed by atoms with van der Waals surface area (Å²) < 4.78 is 49.1. The number of aryl methyl sites for hydroxylation is 2. The molecular formula is C33H34ClF3N4O3. The van der Waals surface area contributed by atoms with Crippen molar-refractivity contribution in [1.29, 1.82) is 0 Å². The fourth-order valence-electron chi connectivity index (χ4n) is 4.85. The van der Waals surface area contributed by atoms with Gasteiger partial charge in [0.15, 0.2) is 0 Å².